The minimum atomic E-state index is -3.86. The molecule has 23 heavy (non-hydrogen) atoms. The molecular formula is C15H14BrNO5S. The summed E-state index contributed by atoms with van der Waals surface area (Å²) in [7, 11) is -3.86. The van der Waals surface area contributed by atoms with E-state index in [1.54, 1.807) is 13.0 Å². The first-order valence-electron chi connectivity index (χ1n) is 6.62. The molecule has 0 aliphatic rings. The highest BCUT2D eigenvalue weighted by Crippen LogP contribution is 2.29. The van der Waals surface area contributed by atoms with E-state index in [9.17, 15) is 13.2 Å². The summed E-state index contributed by atoms with van der Waals surface area (Å²) >= 11 is 3.28. The summed E-state index contributed by atoms with van der Waals surface area (Å²) in [6, 6.07) is 9.98. The molecule has 0 aliphatic heterocycles. The Labute approximate surface area is 142 Å². The summed E-state index contributed by atoms with van der Waals surface area (Å²) < 4.78 is 33.2. The molecule has 122 valence electrons. The largest absolute Gasteiger partial charge is 0.493 e. The van der Waals surface area contributed by atoms with Crippen LogP contribution in [0.2, 0.25) is 0 Å². The monoisotopic (exact) mass is 399 g/mol. The molecule has 0 saturated carbocycles. The summed E-state index contributed by atoms with van der Waals surface area (Å²) in [6.07, 6.45) is 0. The summed E-state index contributed by atoms with van der Waals surface area (Å²) in [5, 5.41) is 8.95. The maximum Gasteiger partial charge on any atom is 0.335 e. The van der Waals surface area contributed by atoms with Gasteiger partial charge in [-0.05, 0) is 53.2 Å². The van der Waals surface area contributed by atoms with Gasteiger partial charge in [-0.15, -0.1) is 0 Å². The Morgan fingerprint density at radius 3 is 2.65 bits per heavy atom. The zero-order valence-electron chi connectivity index (χ0n) is 12.1. The molecule has 0 unspecified atom stereocenters. The number of carbonyl (C=O) groups is 1. The number of aromatic carboxylic acids is 1. The van der Waals surface area contributed by atoms with Crippen molar-refractivity contribution in [2.75, 3.05) is 11.3 Å². The molecule has 2 aromatic carbocycles. The average molecular weight is 400 g/mol. The third kappa shape index (κ3) is 4.23. The van der Waals surface area contributed by atoms with Crippen molar-refractivity contribution in [1.29, 1.82) is 0 Å². The number of carboxylic acids is 1. The van der Waals surface area contributed by atoms with E-state index >= 15 is 0 Å². The molecule has 0 amide bonds. The van der Waals surface area contributed by atoms with Gasteiger partial charge in [0.25, 0.3) is 10.0 Å². The van der Waals surface area contributed by atoms with Gasteiger partial charge in [0.05, 0.1) is 21.5 Å². The maximum atomic E-state index is 12.4. The fraction of sp³-hybridized carbons (Fsp3) is 0.133. The van der Waals surface area contributed by atoms with Gasteiger partial charge < -0.3 is 9.84 Å². The van der Waals surface area contributed by atoms with Gasteiger partial charge in [-0.2, -0.15) is 0 Å². The zero-order valence-corrected chi connectivity index (χ0v) is 14.5. The van der Waals surface area contributed by atoms with E-state index in [4.69, 9.17) is 9.84 Å². The maximum absolute atomic E-state index is 12.4. The van der Waals surface area contributed by atoms with Crippen LogP contribution in [0.25, 0.3) is 0 Å². The number of halogens is 1. The molecule has 0 spiro atoms. The van der Waals surface area contributed by atoms with Gasteiger partial charge in [-0.3, -0.25) is 4.72 Å². The van der Waals surface area contributed by atoms with E-state index in [1.165, 1.54) is 36.4 Å². The average Bonchev–Trinajstić information content (AvgIpc) is 2.49. The standard InChI is InChI=1S/C15H14BrNO5S/c1-2-22-14-9-12(6-7-13(14)16)23(20,21)17-11-5-3-4-10(8-11)15(18)19/h3-9,17H,2H2,1H3,(H,18,19). The van der Waals surface area contributed by atoms with Crippen LogP contribution in [-0.4, -0.2) is 26.1 Å². The molecule has 0 fully saturated rings. The van der Waals surface area contributed by atoms with Crippen LogP contribution >= 0.6 is 15.9 Å². The minimum Gasteiger partial charge on any atom is -0.493 e. The number of hydrogen-bond acceptors (Lipinski definition) is 4. The van der Waals surface area contributed by atoms with Gasteiger partial charge in [-0.1, -0.05) is 6.07 Å². The van der Waals surface area contributed by atoms with Crippen LogP contribution in [0.3, 0.4) is 0 Å². The van der Waals surface area contributed by atoms with Crippen molar-refractivity contribution in [2.45, 2.75) is 11.8 Å². The second-order valence-corrected chi connectivity index (χ2v) is 7.05. The number of benzene rings is 2. The van der Waals surface area contributed by atoms with Gasteiger partial charge in [-0.25, -0.2) is 13.2 Å². The third-order valence-corrected chi connectivity index (χ3v) is 4.91. The molecule has 0 atom stereocenters. The predicted octanol–water partition coefficient (Wildman–Crippen LogP) is 3.35. The molecule has 2 aromatic rings. The zero-order chi connectivity index (χ0) is 17.0. The highest BCUT2D eigenvalue weighted by Gasteiger charge is 2.17. The first kappa shape index (κ1) is 17.3. The quantitative estimate of drug-likeness (QED) is 0.776. The fourth-order valence-corrected chi connectivity index (χ4v) is 3.27. The predicted molar refractivity (Wildman–Crippen MR) is 89.5 cm³/mol. The lowest BCUT2D eigenvalue weighted by Gasteiger charge is -2.11. The number of hydrogen-bond donors (Lipinski definition) is 2. The number of carboxylic acid groups (broad SMARTS) is 1. The Balaban J connectivity index is 2.34. The van der Waals surface area contributed by atoms with Crippen LogP contribution in [0, 0.1) is 0 Å². The first-order valence-corrected chi connectivity index (χ1v) is 8.89. The molecule has 8 heteroatoms. The summed E-state index contributed by atoms with van der Waals surface area (Å²) in [4.78, 5) is 11.0. The summed E-state index contributed by atoms with van der Waals surface area (Å²) in [6.45, 7) is 2.19. The van der Waals surface area contributed by atoms with E-state index in [-0.39, 0.29) is 16.1 Å². The van der Waals surface area contributed by atoms with Gasteiger partial charge in [0.2, 0.25) is 0 Å². The van der Waals surface area contributed by atoms with E-state index in [0.717, 1.165) is 0 Å². The summed E-state index contributed by atoms with van der Waals surface area (Å²) in [5.41, 5.74) is 0.168. The van der Waals surface area contributed by atoms with Gasteiger partial charge >= 0.3 is 5.97 Å². The number of sulfonamides is 1. The van der Waals surface area contributed by atoms with Crippen LogP contribution < -0.4 is 9.46 Å². The van der Waals surface area contributed by atoms with E-state index in [2.05, 4.69) is 20.7 Å². The van der Waals surface area contributed by atoms with Crippen molar-refractivity contribution in [3.8, 4) is 5.75 Å². The molecule has 0 bridgehead atoms. The highest BCUT2D eigenvalue weighted by atomic mass is 79.9. The van der Waals surface area contributed by atoms with Crippen molar-refractivity contribution >= 4 is 37.6 Å². The van der Waals surface area contributed by atoms with Crippen LogP contribution in [0.5, 0.6) is 5.75 Å². The van der Waals surface area contributed by atoms with Gasteiger partial charge in [0.15, 0.2) is 0 Å². The van der Waals surface area contributed by atoms with E-state index in [0.29, 0.717) is 16.8 Å². The Morgan fingerprint density at radius 2 is 2.00 bits per heavy atom. The van der Waals surface area contributed by atoms with E-state index in [1.807, 2.05) is 0 Å². The molecular weight excluding hydrogens is 386 g/mol. The van der Waals surface area contributed by atoms with Crippen LogP contribution in [0.4, 0.5) is 5.69 Å². The van der Waals surface area contributed by atoms with Crippen LogP contribution in [0.15, 0.2) is 51.8 Å². The second kappa shape index (κ2) is 7.01. The number of rotatable bonds is 6. The Bertz CT molecular complexity index is 836. The lowest BCUT2D eigenvalue weighted by atomic mass is 10.2. The Kier molecular flexibility index (Phi) is 5.27. The minimum absolute atomic E-state index is 0.00369. The molecule has 2 N–H and O–H groups in total. The van der Waals surface area contributed by atoms with Crippen LogP contribution in [0.1, 0.15) is 17.3 Å². The SMILES string of the molecule is CCOc1cc(S(=O)(=O)Nc2cccc(C(=O)O)c2)ccc1Br. The summed E-state index contributed by atoms with van der Waals surface area (Å²) in [5.74, 6) is -0.719. The Hall–Kier alpha value is -2.06. The molecule has 0 heterocycles. The molecule has 0 aromatic heterocycles. The first-order chi connectivity index (χ1) is 10.8. The lowest BCUT2D eigenvalue weighted by molar-refractivity contribution is 0.0697. The number of anilines is 1. The molecule has 0 aliphatic carbocycles. The highest BCUT2D eigenvalue weighted by molar-refractivity contribution is 9.10. The topological polar surface area (TPSA) is 92.7 Å². The van der Waals surface area contributed by atoms with Crippen molar-refractivity contribution < 1.29 is 23.1 Å². The van der Waals surface area contributed by atoms with Crippen molar-refractivity contribution in [1.82, 2.24) is 0 Å². The van der Waals surface area contributed by atoms with Crippen molar-refractivity contribution in [3.05, 3.63) is 52.5 Å². The second-order valence-electron chi connectivity index (χ2n) is 4.52. The fourth-order valence-electron chi connectivity index (χ4n) is 1.85. The number of nitrogens with one attached hydrogen (secondary N) is 1. The Morgan fingerprint density at radius 1 is 1.26 bits per heavy atom. The molecule has 0 radical (unpaired) electrons. The normalized spacial score (nSPS) is 11.0. The van der Waals surface area contributed by atoms with Gasteiger partial charge in [0, 0.05) is 11.8 Å². The number of ether oxygens (including phenoxy) is 1. The van der Waals surface area contributed by atoms with E-state index < -0.39 is 16.0 Å². The van der Waals surface area contributed by atoms with Gasteiger partial charge in [0.1, 0.15) is 5.75 Å². The van der Waals surface area contributed by atoms with Crippen molar-refractivity contribution in [3.63, 3.8) is 0 Å². The van der Waals surface area contributed by atoms with Crippen molar-refractivity contribution in [2.24, 2.45) is 0 Å². The molecule has 0 saturated heterocycles. The lowest BCUT2D eigenvalue weighted by Crippen LogP contribution is -2.13. The molecule has 6 nitrogen and oxygen atoms in total. The smallest absolute Gasteiger partial charge is 0.335 e. The third-order valence-electron chi connectivity index (χ3n) is 2.87. The van der Waals surface area contributed by atoms with Crippen LogP contribution in [-0.2, 0) is 10.0 Å². The molecule has 2 rings (SSSR count).